The van der Waals surface area contributed by atoms with Gasteiger partial charge in [0.2, 0.25) is 5.91 Å². The zero-order chi connectivity index (χ0) is 13.2. The van der Waals surface area contributed by atoms with Crippen LogP contribution in [-0.2, 0) is 16.1 Å². The van der Waals surface area contributed by atoms with Crippen LogP contribution >= 0.6 is 0 Å². The molecule has 0 bridgehead atoms. The Morgan fingerprint density at radius 3 is 3.11 bits per heavy atom. The van der Waals surface area contributed by atoms with E-state index in [4.69, 9.17) is 4.74 Å². The van der Waals surface area contributed by atoms with E-state index in [0.717, 1.165) is 26.2 Å². The summed E-state index contributed by atoms with van der Waals surface area (Å²) in [6.45, 7) is 4.27. The van der Waals surface area contributed by atoms with E-state index in [-0.39, 0.29) is 18.1 Å². The van der Waals surface area contributed by atoms with Gasteiger partial charge in [-0.05, 0) is 0 Å². The molecule has 0 radical (unpaired) electrons. The van der Waals surface area contributed by atoms with E-state index in [0.29, 0.717) is 13.0 Å². The first-order valence-electron chi connectivity index (χ1n) is 6.79. The SMILES string of the molecule is CN1C(=O)CCO[C@H]2CN(CCn3ccnc3)C[C@@H]21. The van der Waals surface area contributed by atoms with Crippen molar-refractivity contribution in [2.45, 2.75) is 25.1 Å². The van der Waals surface area contributed by atoms with Gasteiger partial charge in [-0.25, -0.2) is 4.98 Å². The maximum absolute atomic E-state index is 11.8. The van der Waals surface area contributed by atoms with Gasteiger partial charge in [0.15, 0.2) is 0 Å². The van der Waals surface area contributed by atoms with Crippen LogP contribution in [0, 0.1) is 0 Å². The van der Waals surface area contributed by atoms with Gasteiger partial charge in [0.25, 0.3) is 0 Å². The largest absolute Gasteiger partial charge is 0.374 e. The molecule has 2 atom stereocenters. The minimum absolute atomic E-state index is 0.166. The van der Waals surface area contributed by atoms with Crippen LogP contribution in [0.2, 0.25) is 0 Å². The van der Waals surface area contributed by atoms with E-state index in [9.17, 15) is 4.79 Å². The first-order chi connectivity index (χ1) is 9.24. The number of ether oxygens (including phenoxy) is 1. The van der Waals surface area contributed by atoms with Gasteiger partial charge in [-0.2, -0.15) is 0 Å². The van der Waals surface area contributed by atoms with Gasteiger partial charge in [-0.1, -0.05) is 0 Å². The summed E-state index contributed by atoms with van der Waals surface area (Å²) in [6, 6.07) is 0.206. The lowest BCUT2D eigenvalue weighted by Crippen LogP contribution is -2.42. The lowest BCUT2D eigenvalue weighted by atomic mass is 10.2. The molecule has 6 nitrogen and oxygen atoms in total. The molecule has 0 spiro atoms. The molecule has 2 aliphatic rings. The Bertz CT molecular complexity index is 434. The van der Waals surface area contributed by atoms with Crippen LogP contribution < -0.4 is 0 Å². The molecule has 6 heteroatoms. The standard InChI is InChI=1S/C13H20N4O2/c1-15-11-8-17(6-5-16-4-3-14-10-16)9-12(11)19-7-2-13(15)18/h3-4,10-12H,2,5-9H2,1H3/t11-,12-/m0/s1. The predicted molar refractivity (Wildman–Crippen MR) is 69.6 cm³/mol. The van der Waals surface area contributed by atoms with E-state index in [1.54, 1.807) is 6.20 Å². The maximum Gasteiger partial charge on any atom is 0.225 e. The van der Waals surface area contributed by atoms with Gasteiger partial charge in [0.1, 0.15) is 0 Å². The highest BCUT2D eigenvalue weighted by Crippen LogP contribution is 2.21. The van der Waals surface area contributed by atoms with Crippen molar-refractivity contribution < 1.29 is 9.53 Å². The van der Waals surface area contributed by atoms with Crippen LogP contribution in [0.5, 0.6) is 0 Å². The van der Waals surface area contributed by atoms with E-state index in [1.807, 2.05) is 24.5 Å². The smallest absolute Gasteiger partial charge is 0.225 e. The third-order valence-electron chi connectivity index (χ3n) is 4.08. The fraction of sp³-hybridized carbons (Fsp3) is 0.692. The molecule has 0 aliphatic carbocycles. The highest BCUT2D eigenvalue weighted by atomic mass is 16.5. The van der Waals surface area contributed by atoms with Gasteiger partial charge in [0.05, 0.1) is 31.5 Å². The molecule has 0 saturated carbocycles. The average molecular weight is 264 g/mol. The van der Waals surface area contributed by atoms with Gasteiger partial charge < -0.3 is 14.2 Å². The number of hydrogen-bond donors (Lipinski definition) is 0. The fourth-order valence-corrected chi connectivity index (χ4v) is 2.89. The van der Waals surface area contributed by atoms with Crippen LogP contribution in [0.1, 0.15) is 6.42 Å². The third kappa shape index (κ3) is 2.64. The van der Waals surface area contributed by atoms with Crippen LogP contribution in [0.3, 0.4) is 0 Å². The number of fused-ring (bicyclic) bond motifs is 1. The van der Waals surface area contributed by atoms with Crippen molar-refractivity contribution >= 4 is 5.91 Å². The second kappa shape index (κ2) is 5.30. The number of nitrogens with zero attached hydrogens (tertiary/aromatic N) is 4. The average Bonchev–Trinajstić information content (AvgIpc) is 3.02. The van der Waals surface area contributed by atoms with E-state index in [2.05, 4.69) is 14.5 Å². The predicted octanol–water partition coefficient (Wildman–Crippen LogP) is -0.185. The van der Waals surface area contributed by atoms with Crippen molar-refractivity contribution in [1.82, 2.24) is 19.4 Å². The lowest BCUT2D eigenvalue weighted by molar-refractivity contribution is -0.131. The summed E-state index contributed by atoms with van der Waals surface area (Å²) in [5.41, 5.74) is 0. The second-order valence-corrected chi connectivity index (χ2v) is 5.29. The van der Waals surface area contributed by atoms with Gasteiger partial charge >= 0.3 is 0 Å². The Morgan fingerprint density at radius 2 is 2.32 bits per heavy atom. The van der Waals surface area contributed by atoms with Crippen molar-refractivity contribution in [3.8, 4) is 0 Å². The molecular weight excluding hydrogens is 244 g/mol. The molecule has 104 valence electrons. The molecule has 0 N–H and O–H groups in total. The normalized spacial score (nSPS) is 28.5. The van der Waals surface area contributed by atoms with Crippen LogP contribution in [0.25, 0.3) is 0 Å². The van der Waals surface area contributed by atoms with Crippen LogP contribution in [-0.4, -0.2) is 70.7 Å². The summed E-state index contributed by atoms with van der Waals surface area (Å²) in [7, 11) is 1.90. The number of likely N-dealkylation sites (N-methyl/N-ethyl adjacent to an activating group) is 1. The Kier molecular flexibility index (Phi) is 3.52. The minimum Gasteiger partial charge on any atom is -0.374 e. The van der Waals surface area contributed by atoms with Crippen molar-refractivity contribution in [2.24, 2.45) is 0 Å². The summed E-state index contributed by atoms with van der Waals surface area (Å²) in [6.07, 6.45) is 6.28. The molecule has 3 heterocycles. The third-order valence-corrected chi connectivity index (χ3v) is 4.08. The monoisotopic (exact) mass is 264 g/mol. The summed E-state index contributed by atoms with van der Waals surface area (Å²) in [4.78, 5) is 20.1. The van der Waals surface area contributed by atoms with Gasteiger partial charge in [0, 0.05) is 45.6 Å². The molecule has 1 amide bonds. The minimum atomic E-state index is 0.166. The quantitative estimate of drug-likeness (QED) is 0.759. The van der Waals surface area contributed by atoms with E-state index >= 15 is 0 Å². The molecule has 0 aromatic carbocycles. The van der Waals surface area contributed by atoms with Crippen LogP contribution in [0.4, 0.5) is 0 Å². The summed E-state index contributed by atoms with van der Waals surface area (Å²) in [5.74, 6) is 0.198. The van der Waals surface area contributed by atoms with Crippen LogP contribution in [0.15, 0.2) is 18.7 Å². The first kappa shape index (κ1) is 12.6. The Hall–Kier alpha value is -1.40. The Labute approximate surface area is 113 Å². The zero-order valence-electron chi connectivity index (χ0n) is 11.2. The molecule has 3 rings (SSSR count). The maximum atomic E-state index is 11.8. The number of aromatic nitrogens is 2. The summed E-state index contributed by atoms with van der Waals surface area (Å²) in [5, 5.41) is 0. The molecule has 1 aromatic heterocycles. The molecular formula is C13H20N4O2. The number of likely N-dealkylation sites (tertiary alicyclic amines) is 1. The number of imidazole rings is 1. The highest BCUT2D eigenvalue weighted by molar-refractivity contribution is 5.76. The topological polar surface area (TPSA) is 50.6 Å². The number of carbonyl (C=O) groups is 1. The van der Waals surface area contributed by atoms with Gasteiger partial charge in [-0.15, -0.1) is 0 Å². The molecule has 2 fully saturated rings. The Balaban J connectivity index is 1.58. The number of hydrogen-bond acceptors (Lipinski definition) is 4. The number of rotatable bonds is 3. The van der Waals surface area contributed by atoms with Crippen molar-refractivity contribution in [1.29, 1.82) is 0 Å². The number of amides is 1. The number of carbonyl (C=O) groups excluding carboxylic acids is 1. The molecule has 0 unspecified atom stereocenters. The van der Waals surface area contributed by atoms with Crippen molar-refractivity contribution in [2.75, 3.05) is 33.3 Å². The molecule has 1 aromatic rings. The molecule has 2 aliphatic heterocycles. The second-order valence-electron chi connectivity index (χ2n) is 5.29. The molecule has 2 saturated heterocycles. The van der Waals surface area contributed by atoms with Crippen molar-refractivity contribution in [3.05, 3.63) is 18.7 Å². The van der Waals surface area contributed by atoms with Gasteiger partial charge in [-0.3, -0.25) is 9.69 Å². The summed E-state index contributed by atoms with van der Waals surface area (Å²) >= 11 is 0. The fourth-order valence-electron chi connectivity index (χ4n) is 2.89. The van der Waals surface area contributed by atoms with E-state index in [1.165, 1.54) is 0 Å². The first-order valence-corrected chi connectivity index (χ1v) is 6.79. The van der Waals surface area contributed by atoms with Crippen molar-refractivity contribution in [3.63, 3.8) is 0 Å². The highest BCUT2D eigenvalue weighted by Gasteiger charge is 2.39. The molecule has 19 heavy (non-hydrogen) atoms. The lowest BCUT2D eigenvalue weighted by Gasteiger charge is -2.25. The summed E-state index contributed by atoms with van der Waals surface area (Å²) < 4.78 is 7.89. The van der Waals surface area contributed by atoms with E-state index < -0.39 is 0 Å². The zero-order valence-corrected chi connectivity index (χ0v) is 11.2. The Morgan fingerprint density at radius 1 is 1.42 bits per heavy atom.